The van der Waals surface area contributed by atoms with Crippen molar-refractivity contribution in [2.24, 2.45) is 0 Å². The average Bonchev–Trinajstić information content (AvgIpc) is 2.87. The number of aryl methyl sites for hydroxylation is 1. The fourth-order valence-corrected chi connectivity index (χ4v) is 1.84. The van der Waals surface area contributed by atoms with Crippen LogP contribution in [0.5, 0.6) is 5.75 Å². The van der Waals surface area contributed by atoms with Gasteiger partial charge in [-0.15, -0.1) is 0 Å². The van der Waals surface area contributed by atoms with Crippen molar-refractivity contribution in [3.8, 4) is 17.1 Å². The van der Waals surface area contributed by atoms with Gasteiger partial charge >= 0.3 is 0 Å². The van der Waals surface area contributed by atoms with Crippen LogP contribution >= 0.6 is 0 Å². The van der Waals surface area contributed by atoms with Gasteiger partial charge in [0, 0.05) is 12.7 Å². The molecule has 0 aliphatic heterocycles. The number of methoxy groups -OCH3 is 2. The van der Waals surface area contributed by atoms with E-state index in [2.05, 4.69) is 10.1 Å². The summed E-state index contributed by atoms with van der Waals surface area (Å²) in [6.07, 6.45) is 0.0793. The molecule has 1 heterocycles. The maximum Gasteiger partial charge on any atom is 0.234 e. The zero-order valence-corrected chi connectivity index (χ0v) is 11.7. The molecule has 0 spiro atoms. The number of ketones is 1. The van der Waals surface area contributed by atoms with Gasteiger partial charge in [0.1, 0.15) is 12.4 Å². The summed E-state index contributed by atoms with van der Waals surface area (Å²) in [7, 11) is 3.09. The van der Waals surface area contributed by atoms with E-state index in [-0.39, 0.29) is 24.7 Å². The van der Waals surface area contributed by atoms with Crippen LogP contribution in [0.1, 0.15) is 11.5 Å². The molecule has 1 aromatic carbocycles. The first-order valence-electron chi connectivity index (χ1n) is 6.12. The summed E-state index contributed by atoms with van der Waals surface area (Å²) < 4.78 is 15.0. The molecule has 0 bridgehead atoms. The average molecular weight is 276 g/mol. The number of benzene rings is 1. The number of hydrogen-bond donors (Lipinski definition) is 0. The van der Waals surface area contributed by atoms with E-state index in [1.807, 2.05) is 25.1 Å². The zero-order chi connectivity index (χ0) is 14.5. The largest absolute Gasteiger partial charge is 0.496 e. The van der Waals surface area contributed by atoms with Crippen LogP contribution in [-0.2, 0) is 16.0 Å². The summed E-state index contributed by atoms with van der Waals surface area (Å²) in [5, 5.41) is 3.88. The van der Waals surface area contributed by atoms with E-state index in [0.717, 1.165) is 16.9 Å². The second kappa shape index (κ2) is 6.29. The molecule has 6 nitrogen and oxygen atoms in total. The van der Waals surface area contributed by atoms with Crippen molar-refractivity contribution in [2.75, 3.05) is 20.8 Å². The third-order valence-corrected chi connectivity index (χ3v) is 2.77. The lowest BCUT2D eigenvalue weighted by Crippen LogP contribution is -2.09. The van der Waals surface area contributed by atoms with Crippen LogP contribution in [0.25, 0.3) is 11.4 Å². The first-order valence-corrected chi connectivity index (χ1v) is 6.12. The van der Waals surface area contributed by atoms with Crippen molar-refractivity contribution in [1.82, 2.24) is 10.1 Å². The van der Waals surface area contributed by atoms with Crippen molar-refractivity contribution in [1.29, 1.82) is 0 Å². The zero-order valence-electron chi connectivity index (χ0n) is 11.7. The fourth-order valence-electron chi connectivity index (χ4n) is 1.84. The van der Waals surface area contributed by atoms with E-state index in [1.54, 1.807) is 7.11 Å². The van der Waals surface area contributed by atoms with Crippen LogP contribution < -0.4 is 4.74 Å². The molecule has 0 amide bonds. The third-order valence-electron chi connectivity index (χ3n) is 2.77. The number of nitrogens with zero attached hydrogens (tertiary/aromatic N) is 2. The SMILES string of the molecule is COCC(=O)Cc1nc(-c2ccc(OC)c(C)c2)no1. The molecule has 6 heteroatoms. The van der Waals surface area contributed by atoms with Crippen LogP contribution in [-0.4, -0.2) is 36.8 Å². The van der Waals surface area contributed by atoms with Gasteiger partial charge in [0.05, 0.1) is 13.5 Å². The number of hydrogen-bond acceptors (Lipinski definition) is 6. The van der Waals surface area contributed by atoms with Gasteiger partial charge in [-0.05, 0) is 30.7 Å². The molecular weight excluding hydrogens is 260 g/mol. The van der Waals surface area contributed by atoms with Gasteiger partial charge in [0.2, 0.25) is 11.7 Å². The minimum Gasteiger partial charge on any atom is -0.496 e. The van der Waals surface area contributed by atoms with Crippen LogP contribution in [0.2, 0.25) is 0 Å². The summed E-state index contributed by atoms with van der Waals surface area (Å²) in [5.41, 5.74) is 1.80. The Morgan fingerprint density at radius 2 is 2.15 bits per heavy atom. The molecule has 0 N–H and O–H groups in total. The lowest BCUT2D eigenvalue weighted by molar-refractivity contribution is -0.122. The second-order valence-electron chi connectivity index (χ2n) is 4.34. The number of carbonyl (C=O) groups is 1. The van der Waals surface area contributed by atoms with Crippen LogP contribution in [0.3, 0.4) is 0 Å². The molecule has 20 heavy (non-hydrogen) atoms. The number of aromatic nitrogens is 2. The number of rotatable bonds is 6. The second-order valence-corrected chi connectivity index (χ2v) is 4.34. The van der Waals surface area contributed by atoms with Crippen molar-refractivity contribution in [2.45, 2.75) is 13.3 Å². The predicted molar refractivity (Wildman–Crippen MR) is 71.6 cm³/mol. The van der Waals surface area contributed by atoms with Crippen LogP contribution in [0.4, 0.5) is 0 Å². The molecule has 2 aromatic rings. The quantitative estimate of drug-likeness (QED) is 0.801. The number of ether oxygens (including phenoxy) is 2. The Labute approximate surface area is 116 Å². The lowest BCUT2D eigenvalue weighted by atomic mass is 10.1. The maximum atomic E-state index is 11.4. The van der Waals surface area contributed by atoms with Crippen LogP contribution in [0.15, 0.2) is 22.7 Å². The van der Waals surface area contributed by atoms with Gasteiger partial charge in [0.25, 0.3) is 0 Å². The molecular formula is C14H16N2O4. The highest BCUT2D eigenvalue weighted by Gasteiger charge is 2.13. The topological polar surface area (TPSA) is 74.5 Å². The van der Waals surface area contributed by atoms with Gasteiger partial charge in [-0.3, -0.25) is 4.79 Å². The molecule has 0 radical (unpaired) electrons. The standard InChI is InChI=1S/C14H16N2O4/c1-9-6-10(4-5-12(9)19-3)14-15-13(20-16-14)7-11(17)8-18-2/h4-6H,7-8H2,1-3H3. The molecule has 0 saturated carbocycles. The highest BCUT2D eigenvalue weighted by molar-refractivity contribution is 5.81. The van der Waals surface area contributed by atoms with Crippen molar-refractivity contribution >= 4 is 5.78 Å². The minimum atomic E-state index is -0.103. The maximum absolute atomic E-state index is 11.4. The summed E-state index contributed by atoms with van der Waals surface area (Å²) in [5.74, 6) is 1.44. The highest BCUT2D eigenvalue weighted by Crippen LogP contribution is 2.24. The number of carbonyl (C=O) groups excluding carboxylic acids is 1. The van der Waals surface area contributed by atoms with Gasteiger partial charge in [-0.1, -0.05) is 5.16 Å². The van der Waals surface area contributed by atoms with E-state index in [0.29, 0.717) is 5.82 Å². The summed E-state index contributed by atoms with van der Waals surface area (Å²) >= 11 is 0. The van der Waals surface area contributed by atoms with E-state index in [9.17, 15) is 4.79 Å². The van der Waals surface area contributed by atoms with E-state index in [1.165, 1.54) is 7.11 Å². The fraction of sp³-hybridized carbons (Fsp3) is 0.357. The van der Waals surface area contributed by atoms with Crippen molar-refractivity contribution in [3.63, 3.8) is 0 Å². The van der Waals surface area contributed by atoms with Crippen molar-refractivity contribution < 1.29 is 18.8 Å². The van der Waals surface area contributed by atoms with Gasteiger partial charge in [0.15, 0.2) is 5.78 Å². The summed E-state index contributed by atoms with van der Waals surface area (Å²) in [6.45, 7) is 1.98. The Morgan fingerprint density at radius 3 is 2.80 bits per heavy atom. The smallest absolute Gasteiger partial charge is 0.234 e. The Balaban J connectivity index is 2.16. The first-order chi connectivity index (χ1) is 9.63. The monoisotopic (exact) mass is 276 g/mol. The normalized spacial score (nSPS) is 10.6. The molecule has 0 atom stereocenters. The first kappa shape index (κ1) is 14.2. The van der Waals surface area contributed by atoms with Crippen LogP contribution in [0, 0.1) is 6.92 Å². The highest BCUT2D eigenvalue weighted by atomic mass is 16.5. The Bertz CT molecular complexity index is 607. The van der Waals surface area contributed by atoms with E-state index >= 15 is 0 Å². The molecule has 106 valence electrons. The van der Waals surface area contributed by atoms with Gasteiger partial charge < -0.3 is 14.0 Å². The van der Waals surface area contributed by atoms with E-state index < -0.39 is 0 Å². The molecule has 0 aliphatic carbocycles. The summed E-state index contributed by atoms with van der Waals surface area (Å²) in [4.78, 5) is 15.6. The third kappa shape index (κ3) is 3.21. The molecule has 0 fully saturated rings. The predicted octanol–water partition coefficient (Wildman–Crippen LogP) is 1.81. The van der Waals surface area contributed by atoms with E-state index in [4.69, 9.17) is 14.0 Å². The number of Topliss-reactive ketones (excluding diaryl/α,β-unsaturated/α-hetero) is 1. The minimum absolute atomic E-state index is 0.0410. The lowest BCUT2D eigenvalue weighted by Gasteiger charge is -2.04. The molecule has 0 unspecified atom stereocenters. The molecule has 1 aromatic heterocycles. The van der Waals surface area contributed by atoms with Gasteiger partial charge in [-0.25, -0.2) is 0 Å². The molecule has 0 saturated heterocycles. The Morgan fingerprint density at radius 1 is 1.35 bits per heavy atom. The molecule has 0 aliphatic rings. The summed E-state index contributed by atoms with van der Waals surface area (Å²) in [6, 6.07) is 5.60. The Hall–Kier alpha value is -2.21. The van der Waals surface area contributed by atoms with Gasteiger partial charge in [-0.2, -0.15) is 4.98 Å². The molecule has 2 rings (SSSR count). The Kier molecular flexibility index (Phi) is 4.47. The van der Waals surface area contributed by atoms with Crippen molar-refractivity contribution in [3.05, 3.63) is 29.7 Å².